The molecule has 1 aromatic carbocycles. The fourth-order valence-corrected chi connectivity index (χ4v) is 4.46. The average molecular weight is 357 g/mol. The molecule has 0 aromatic heterocycles. The van der Waals surface area contributed by atoms with Crippen LogP contribution in [0.25, 0.3) is 0 Å². The van der Waals surface area contributed by atoms with Crippen LogP contribution in [0.15, 0.2) is 42.0 Å². The van der Waals surface area contributed by atoms with Gasteiger partial charge in [0.25, 0.3) is 0 Å². The van der Waals surface area contributed by atoms with E-state index >= 15 is 0 Å². The molecule has 2 saturated heterocycles. The number of ether oxygens (including phenoxy) is 2. The maximum absolute atomic E-state index is 12.4. The highest BCUT2D eigenvalue weighted by Crippen LogP contribution is 2.50. The molecule has 0 saturated carbocycles. The number of nitrogens with zero attached hydrogens (tertiary/aromatic N) is 1. The number of carbonyl (C=O) groups is 2. The summed E-state index contributed by atoms with van der Waals surface area (Å²) in [5.74, 6) is -0.646. The van der Waals surface area contributed by atoms with Crippen LogP contribution >= 0.6 is 0 Å². The Morgan fingerprint density at radius 2 is 2.04 bits per heavy atom. The molecule has 0 amide bonds. The first kappa shape index (κ1) is 18.6. The minimum Gasteiger partial charge on any atom is -0.469 e. The Kier molecular flexibility index (Phi) is 5.47. The molecular weight excluding hydrogens is 330 g/mol. The lowest BCUT2D eigenvalue weighted by molar-refractivity contribution is -0.148. The van der Waals surface area contributed by atoms with Gasteiger partial charge in [-0.05, 0) is 44.2 Å². The van der Waals surface area contributed by atoms with Crippen LogP contribution in [0, 0.1) is 5.92 Å². The molecular formula is C21H27NO4. The third-order valence-corrected chi connectivity index (χ3v) is 5.86. The van der Waals surface area contributed by atoms with Crippen molar-refractivity contribution in [3.8, 4) is 0 Å². The van der Waals surface area contributed by atoms with Crippen LogP contribution in [0.3, 0.4) is 0 Å². The second-order valence-electron chi connectivity index (χ2n) is 7.27. The van der Waals surface area contributed by atoms with Crippen LogP contribution in [0.5, 0.6) is 0 Å². The largest absolute Gasteiger partial charge is 0.469 e. The minimum absolute atomic E-state index is 0.0578. The number of carbonyl (C=O) groups excluding carboxylic acids is 2. The normalized spacial score (nSPS) is 29.6. The van der Waals surface area contributed by atoms with Crippen molar-refractivity contribution in [2.24, 2.45) is 5.92 Å². The molecule has 0 N–H and O–H groups in total. The molecule has 5 nitrogen and oxygen atoms in total. The van der Waals surface area contributed by atoms with Crippen LogP contribution < -0.4 is 0 Å². The van der Waals surface area contributed by atoms with Gasteiger partial charge in [-0.2, -0.15) is 0 Å². The highest BCUT2D eigenvalue weighted by Gasteiger charge is 2.56. The maximum atomic E-state index is 12.4. The summed E-state index contributed by atoms with van der Waals surface area (Å²) < 4.78 is 10.2. The van der Waals surface area contributed by atoms with Gasteiger partial charge in [0, 0.05) is 24.2 Å². The number of benzene rings is 1. The van der Waals surface area contributed by atoms with Crippen molar-refractivity contribution < 1.29 is 19.1 Å². The Hall–Kier alpha value is -2.14. The SMILES string of the molecule is CCOC(=O)/C=C1/CC[C@@]2(C)[C@H](C(=O)OC)C[C@@H]1N2Cc1ccccc1. The van der Waals surface area contributed by atoms with Crippen molar-refractivity contribution in [1.29, 1.82) is 0 Å². The molecule has 5 heteroatoms. The lowest BCUT2D eigenvalue weighted by Crippen LogP contribution is -2.52. The third-order valence-electron chi connectivity index (χ3n) is 5.86. The molecule has 140 valence electrons. The van der Waals surface area contributed by atoms with Crippen LogP contribution in [0.2, 0.25) is 0 Å². The van der Waals surface area contributed by atoms with Crippen molar-refractivity contribution in [3.63, 3.8) is 0 Å². The van der Waals surface area contributed by atoms with Gasteiger partial charge in [-0.15, -0.1) is 0 Å². The predicted octanol–water partition coefficient (Wildman–Crippen LogP) is 3.09. The van der Waals surface area contributed by atoms with E-state index in [0.717, 1.165) is 25.0 Å². The standard InChI is InChI=1S/C21H27NO4/c1-4-26-19(23)12-16-10-11-21(2)17(20(24)25-3)13-18(16)22(21)14-15-8-6-5-7-9-15/h5-9,12,17-18H,4,10-11,13-14H2,1-3H3/b16-12-/t17-,18-,21-/m0/s1. The summed E-state index contributed by atoms with van der Waals surface area (Å²) in [7, 11) is 1.45. The summed E-state index contributed by atoms with van der Waals surface area (Å²) in [4.78, 5) is 26.8. The lowest BCUT2D eigenvalue weighted by Gasteiger charge is -2.45. The highest BCUT2D eigenvalue weighted by molar-refractivity contribution is 5.83. The molecule has 26 heavy (non-hydrogen) atoms. The van der Waals surface area contributed by atoms with Crippen molar-refractivity contribution in [3.05, 3.63) is 47.5 Å². The first-order valence-corrected chi connectivity index (χ1v) is 9.25. The van der Waals surface area contributed by atoms with Crippen LogP contribution in [-0.4, -0.2) is 42.1 Å². The smallest absolute Gasteiger partial charge is 0.330 e. The Labute approximate surface area is 155 Å². The molecule has 0 spiro atoms. The van der Waals surface area contributed by atoms with Gasteiger partial charge in [-0.3, -0.25) is 9.69 Å². The molecule has 3 rings (SSSR count). The number of piperidine rings is 1. The van der Waals surface area contributed by atoms with Crippen molar-refractivity contribution in [1.82, 2.24) is 4.90 Å². The molecule has 2 fully saturated rings. The number of hydrogen-bond donors (Lipinski definition) is 0. The van der Waals surface area contributed by atoms with Gasteiger partial charge in [0.1, 0.15) is 0 Å². The summed E-state index contributed by atoms with van der Waals surface area (Å²) in [5, 5.41) is 0. The molecule has 2 heterocycles. The number of rotatable bonds is 5. The average Bonchev–Trinajstić information content (AvgIpc) is 2.83. The highest BCUT2D eigenvalue weighted by atomic mass is 16.5. The van der Waals surface area contributed by atoms with Crippen molar-refractivity contribution in [2.75, 3.05) is 13.7 Å². The minimum atomic E-state index is -0.299. The van der Waals surface area contributed by atoms with E-state index in [9.17, 15) is 9.59 Å². The molecule has 0 aliphatic carbocycles. The quantitative estimate of drug-likeness (QED) is 0.599. The van der Waals surface area contributed by atoms with Gasteiger partial charge >= 0.3 is 11.9 Å². The van der Waals surface area contributed by atoms with Crippen LogP contribution in [-0.2, 0) is 25.6 Å². The predicted molar refractivity (Wildman–Crippen MR) is 98.3 cm³/mol. The number of fused-ring (bicyclic) bond motifs is 2. The van der Waals surface area contributed by atoms with Gasteiger partial charge in [0.05, 0.1) is 19.6 Å². The van der Waals surface area contributed by atoms with E-state index in [2.05, 4.69) is 24.0 Å². The summed E-state index contributed by atoms with van der Waals surface area (Å²) in [6, 6.07) is 10.3. The van der Waals surface area contributed by atoms with Crippen molar-refractivity contribution >= 4 is 11.9 Å². The second kappa shape index (κ2) is 7.62. The van der Waals surface area contributed by atoms with Gasteiger partial charge in [0.15, 0.2) is 0 Å². The maximum Gasteiger partial charge on any atom is 0.330 e. The summed E-state index contributed by atoms with van der Waals surface area (Å²) >= 11 is 0. The third kappa shape index (κ3) is 3.40. The Bertz CT molecular complexity index is 699. The zero-order valence-electron chi connectivity index (χ0n) is 15.7. The molecule has 3 atom stereocenters. The Morgan fingerprint density at radius 3 is 2.69 bits per heavy atom. The van der Waals surface area contributed by atoms with E-state index in [0.29, 0.717) is 13.0 Å². The lowest BCUT2D eigenvalue weighted by atomic mass is 9.81. The van der Waals surface area contributed by atoms with E-state index < -0.39 is 0 Å². The second-order valence-corrected chi connectivity index (χ2v) is 7.27. The van der Waals surface area contributed by atoms with Gasteiger partial charge in [-0.1, -0.05) is 30.3 Å². The summed E-state index contributed by atoms with van der Waals surface area (Å²) in [6.07, 6.45) is 3.94. The fraction of sp³-hybridized carbons (Fsp3) is 0.524. The molecule has 2 aliphatic rings. The van der Waals surface area contributed by atoms with E-state index in [1.54, 1.807) is 13.0 Å². The zero-order chi connectivity index (χ0) is 18.7. The van der Waals surface area contributed by atoms with E-state index in [1.165, 1.54) is 12.7 Å². The Balaban J connectivity index is 1.93. The zero-order valence-corrected chi connectivity index (χ0v) is 15.7. The van der Waals surface area contributed by atoms with Gasteiger partial charge in [-0.25, -0.2) is 4.79 Å². The first-order valence-electron chi connectivity index (χ1n) is 9.25. The summed E-state index contributed by atoms with van der Waals surface area (Å²) in [5.41, 5.74) is 1.99. The monoisotopic (exact) mass is 357 g/mol. The summed E-state index contributed by atoms with van der Waals surface area (Å²) in [6.45, 7) is 5.07. The number of methoxy groups -OCH3 is 1. The first-order chi connectivity index (χ1) is 12.5. The van der Waals surface area contributed by atoms with E-state index in [-0.39, 0.29) is 29.4 Å². The molecule has 0 unspecified atom stereocenters. The van der Waals surface area contributed by atoms with E-state index in [4.69, 9.17) is 9.47 Å². The molecule has 0 radical (unpaired) electrons. The van der Waals surface area contributed by atoms with E-state index in [1.807, 2.05) is 18.2 Å². The molecule has 2 aliphatic heterocycles. The number of esters is 2. The molecule has 2 bridgehead atoms. The molecule has 1 aromatic rings. The van der Waals surface area contributed by atoms with Crippen LogP contribution in [0.1, 0.15) is 38.7 Å². The Morgan fingerprint density at radius 1 is 1.31 bits per heavy atom. The van der Waals surface area contributed by atoms with Gasteiger partial charge < -0.3 is 9.47 Å². The van der Waals surface area contributed by atoms with Crippen LogP contribution in [0.4, 0.5) is 0 Å². The van der Waals surface area contributed by atoms with Gasteiger partial charge in [0.2, 0.25) is 0 Å². The number of hydrogen-bond acceptors (Lipinski definition) is 5. The van der Waals surface area contributed by atoms with Crippen molar-refractivity contribution in [2.45, 2.75) is 51.2 Å². The fourth-order valence-electron chi connectivity index (χ4n) is 4.46. The topological polar surface area (TPSA) is 55.8 Å².